The highest BCUT2D eigenvalue weighted by Crippen LogP contribution is 2.22. The number of aliphatic hydroxyl groups excluding tert-OH is 1. The Morgan fingerprint density at radius 2 is 1.54 bits per heavy atom. The zero-order valence-corrected chi connectivity index (χ0v) is 21.5. The summed E-state index contributed by atoms with van der Waals surface area (Å²) >= 11 is 0. The first-order valence-electron chi connectivity index (χ1n) is 12.6. The van der Waals surface area contributed by atoms with Crippen molar-refractivity contribution >= 4 is 17.8 Å². The normalized spacial score (nSPS) is 13.9. The van der Waals surface area contributed by atoms with E-state index in [9.17, 15) is 14.4 Å². The van der Waals surface area contributed by atoms with Gasteiger partial charge in [0.25, 0.3) is 0 Å². The van der Waals surface area contributed by atoms with E-state index in [1.54, 1.807) is 19.1 Å². The third-order valence-electron chi connectivity index (χ3n) is 5.94. The molecule has 0 aliphatic heterocycles. The van der Waals surface area contributed by atoms with Gasteiger partial charge in [0.15, 0.2) is 0 Å². The minimum Gasteiger partial charge on any atom is -0.455 e. The monoisotopic (exact) mass is 506 g/mol. The van der Waals surface area contributed by atoms with Gasteiger partial charge in [0.2, 0.25) is 11.8 Å². The van der Waals surface area contributed by atoms with Crippen LogP contribution in [0.15, 0.2) is 86.0 Å². The van der Waals surface area contributed by atoms with Crippen LogP contribution in [0.3, 0.4) is 0 Å². The molecule has 0 bridgehead atoms. The van der Waals surface area contributed by atoms with E-state index in [1.807, 2.05) is 60.7 Å². The summed E-state index contributed by atoms with van der Waals surface area (Å²) in [5.74, 6) is -2.08. The van der Waals surface area contributed by atoms with Crippen molar-refractivity contribution in [3.63, 3.8) is 0 Å². The van der Waals surface area contributed by atoms with Crippen LogP contribution in [0.25, 0.3) is 0 Å². The van der Waals surface area contributed by atoms with Crippen molar-refractivity contribution in [3.05, 3.63) is 97.1 Å². The molecule has 2 aromatic rings. The molecular weight excluding hydrogens is 468 g/mol. The number of ether oxygens (including phenoxy) is 1. The van der Waals surface area contributed by atoms with Crippen LogP contribution in [0.2, 0.25) is 0 Å². The number of carbonyl (C=O) groups is 3. The Morgan fingerprint density at radius 1 is 0.946 bits per heavy atom. The molecule has 7 heteroatoms. The van der Waals surface area contributed by atoms with E-state index < -0.39 is 24.0 Å². The predicted octanol–water partition coefficient (Wildman–Crippen LogP) is 3.90. The van der Waals surface area contributed by atoms with Crippen LogP contribution in [0.1, 0.15) is 43.4 Å². The Bertz CT molecular complexity index is 1010. The van der Waals surface area contributed by atoms with Gasteiger partial charge in [-0.25, -0.2) is 0 Å². The van der Waals surface area contributed by atoms with Gasteiger partial charge in [-0.2, -0.15) is 0 Å². The smallest absolute Gasteiger partial charge is 0.310 e. The van der Waals surface area contributed by atoms with Crippen LogP contribution in [-0.4, -0.2) is 42.1 Å². The molecule has 37 heavy (non-hydrogen) atoms. The summed E-state index contributed by atoms with van der Waals surface area (Å²) in [5.41, 5.74) is 1.78. The third-order valence-corrected chi connectivity index (χ3v) is 5.94. The molecule has 0 spiro atoms. The maximum atomic E-state index is 13.2. The molecule has 0 radical (unpaired) electrons. The zero-order valence-electron chi connectivity index (χ0n) is 21.5. The van der Waals surface area contributed by atoms with Crippen LogP contribution in [0, 0.1) is 11.8 Å². The molecule has 2 aromatic carbocycles. The van der Waals surface area contributed by atoms with Gasteiger partial charge in [-0.15, -0.1) is 13.2 Å². The number of hydrogen-bond donors (Lipinski definition) is 3. The summed E-state index contributed by atoms with van der Waals surface area (Å²) < 4.78 is 5.93. The number of nitrogens with one attached hydrogen (secondary N) is 2. The largest absolute Gasteiger partial charge is 0.455 e. The van der Waals surface area contributed by atoms with E-state index in [-0.39, 0.29) is 37.4 Å². The lowest BCUT2D eigenvalue weighted by molar-refractivity contribution is -0.154. The van der Waals surface area contributed by atoms with E-state index in [4.69, 9.17) is 9.84 Å². The van der Waals surface area contributed by atoms with Crippen LogP contribution in [0.4, 0.5) is 0 Å². The first kappa shape index (κ1) is 29.5. The third kappa shape index (κ3) is 10.4. The molecule has 0 fully saturated rings. The Labute approximate surface area is 219 Å². The van der Waals surface area contributed by atoms with Gasteiger partial charge >= 0.3 is 5.97 Å². The van der Waals surface area contributed by atoms with Crippen molar-refractivity contribution in [2.45, 2.75) is 44.8 Å². The highest BCUT2D eigenvalue weighted by atomic mass is 16.5. The van der Waals surface area contributed by atoms with Crippen molar-refractivity contribution in [3.8, 4) is 0 Å². The van der Waals surface area contributed by atoms with Crippen LogP contribution < -0.4 is 10.6 Å². The molecule has 0 saturated carbocycles. The standard InChI is InChI=1S/C30H38N2O5/c1-4-12-25(19-28(34)32-22(3)21-33)29(35)31-20-27(24-16-10-7-11-17-24)37-30(36)26(13-5-2)18-23-14-8-6-9-15-23/h4-11,14-17,22,25-27,33H,1-2,12-13,18-21H2,3H3,(H,31,35)(H,32,34)/t22-,25+,26-,27-/m0/s1. The zero-order chi connectivity index (χ0) is 27.0. The summed E-state index contributed by atoms with van der Waals surface area (Å²) in [7, 11) is 0. The maximum Gasteiger partial charge on any atom is 0.310 e. The van der Waals surface area contributed by atoms with E-state index in [0.29, 0.717) is 19.3 Å². The van der Waals surface area contributed by atoms with Gasteiger partial charge in [-0.3, -0.25) is 14.4 Å². The number of aliphatic hydroxyl groups is 1. The second kappa shape index (κ2) is 16.1. The molecular formula is C30H38N2O5. The van der Waals surface area contributed by atoms with E-state index >= 15 is 0 Å². The van der Waals surface area contributed by atoms with Crippen LogP contribution in [0.5, 0.6) is 0 Å². The minimum atomic E-state index is -0.701. The summed E-state index contributed by atoms with van der Waals surface area (Å²) in [5, 5.41) is 14.7. The first-order chi connectivity index (χ1) is 17.9. The van der Waals surface area contributed by atoms with E-state index in [1.165, 1.54) is 0 Å². The lowest BCUT2D eigenvalue weighted by Crippen LogP contribution is -2.40. The Kier molecular flexibility index (Phi) is 12.9. The van der Waals surface area contributed by atoms with Crippen molar-refractivity contribution in [2.75, 3.05) is 13.2 Å². The van der Waals surface area contributed by atoms with E-state index in [2.05, 4.69) is 23.8 Å². The number of benzene rings is 2. The van der Waals surface area contributed by atoms with Crippen molar-refractivity contribution in [1.82, 2.24) is 10.6 Å². The van der Waals surface area contributed by atoms with Gasteiger partial charge < -0.3 is 20.5 Å². The number of esters is 1. The highest BCUT2D eigenvalue weighted by Gasteiger charge is 2.26. The molecule has 0 aromatic heterocycles. The van der Waals surface area contributed by atoms with Gasteiger partial charge in [-0.05, 0) is 37.3 Å². The molecule has 0 saturated heterocycles. The van der Waals surface area contributed by atoms with Crippen molar-refractivity contribution in [2.24, 2.45) is 11.8 Å². The summed E-state index contributed by atoms with van der Waals surface area (Å²) in [6.07, 6.45) is 3.83. The highest BCUT2D eigenvalue weighted by molar-refractivity contribution is 5.86. The van der Waals surface area contributed by atoms with Crippen LogP contribution >= 0.6 is 0 Å². The summed E-state index contributed by atoms with van der Waals surface area (Å²) in [6, 6.07) is 18.6. The molecule has 4 atom stereocenters. The quantitative estimate of drug-likeness (QED) is 0.237. The fourth-order valence-corrected chi connectivity index (χ4v) is 3.92. The summed E-state index contributed by atoms with van der Waals surface area (Å²) in [4.78, 5) is 38.5. The molecule has 198 valence electrons. The fraction of sp³-hybridized carbons (Fsp3) is 0.367. The van der Waals surface area contributed by atoms with Gasteiger partial charge in [-0.1, -0.05) is 72.8 Å². The second-order valence-corrected chi connectivity index (χ2v) is 9.07. The molecule has 2 rings (SSSR count). The topological polar surface area (TPSA) is 105 Å². The van der Waals surface area contributed by atoms with Crippen molar-refractivity contribution in [1.29, 1.82) is 0 Å². The number of rotatable bonds is 16. The van der Waals surface area contributed by atoms with Crippen LogP contribution in [-0.2, 0) is 25.5 Å². The Morgan fingerprint density at radius 3 is 2.14 bits per heavy atom. The molecule has 2 amide bonds. The molecule has 0 heterocycles. The fourth-order valence-electron chi connectivity index (χ4n) is 3.92. The minimum absolute atomic E-state index is 0.0452. The van der Waals surface area contributed by atoms with Gasteiger partial charge in [0, 0.05) is 12.5 Å². The lowest BCUT2D eigenvalue weighted by atomic mass is 9.96. The number of carbonyl (C=O) groups excluding carboxylic acids is 3. The van der Waals surface area contributed by atoms with Gasteiger partial charge in [0.1, 0.15) is 6.10 Å². The lowest BCUT2D eigenvalue weighted by Gasteiger charge is -2.23. The maximum absolute atomic E-state index is 13.2. The second-order valence-electron chi connectivity index (χ2n) is 9.07. The average molecular weight is 507 g/mol. The summed E-state index contributed by atoms with van der Waals surface area (Å²) in [6.45, 7) is 9.02. The number of hydrogen-bond acceptors (Lipinski definition) is 5. The molecule has 7 nitrogen and oxygen atoms in total. The Hall–Kier alpha value is -3.71. The molecule has 0 aliphatic carbocycles. The molecule has 0 unspecified atom stereocenters. The predicted molar refractivity (Wildman–Crippen MR) is 144 cm³/mol. The van der Waals surface area contributed by atoms with Gasteiger partial charge in [0.05, 0.1) is 25.0 Å². The average Bonchev–Trinajstić information content (AvgIpc) is 2.91. The number of amides is 2. The van der Waals surface area contributed by atoms with E-state index in [0.717, 1.165) is 11.1 Å². The molecule has 3 N–H and O–H groups in total. The number of allylic oxidation sites excluding steroid dienone is 2. The van der Waals surface area contributed by atoms with Crippen molar-refractivity contribution < 1.29 is 24.2 Å². The SMILES string of the molecule is C=CC[C@H](CC(=O)N[C@@H](C)CO)C(=O)NC[C@H](OC(=O)[C@@H](CC=C)Cc1ccccc1)c1ccccc1. The molecule has 0 aliphatic rings. The first-order valence-corrected chi connectivity index (χ1v) is 12.6. The Balaban J connectivity index is 2.11.